The van der Waals surface area contributed by atoms with E-state index in [2.05, 4.69) is 0 Å². The number of rotatable bonds is 6. The first-order valence-electron chi connectivity index (χ1n) is 10.8. The summed E-state index contributed by atoms with van der Waals surface area (Å²) in [6.45, 7) is 9.48. The van der Waals surface area contributed by atoms with E-state index < -0.39 is 17.0 Å². The van der Waals surface area contributed by atoms with Crippen LogP contribution < -0.4 is 4.74 Å². The second kappa shape index (κ2) is 8.46. The summed E-state index contributed by atoms with van der Waals surface area (Å²) in [4.78, 5) is 13.4. The smallest absolute Gasteiger partial charge is 0.198 e. The number of ether oxygens (including phenoxy) is 2. The number of ketones is 1. The maximum Gasteiger partial charge on any atom is 0.198 e. The third-order valence-corrected chi connectivity index (χ3v) is 6.48. The molecular weight excluding hydrogens is 395 g/mol. The van der Waals surface area contributed by atoms with E-state index in [0.717, 1.165) is 16.7 Å². The van der Waals surface area contributed by atoms with Crippen LogP contribution in [0.4, 0.5) is 4.39 Å². The molecule has 5 heteroatoms. The van der Waals surface area contributed by atoms with Gasteiger partial charge in [0, 0.05) is 0 Å². The van der Waals surface area contributed by atoms with Crippen LogP contribution in [0.5, 0.6) is 5.75 Å². The van der Waals surface area contributed by atoms with Gasteiger partial charge in [0.1, 0.15) is 17.0 Å². The molecule has 2 aromatic carbocycles. The van der Waals surface area contributed by atoms with E-state index in [1.54, 1.807) is 19.1 Å². The molecule has 0 aliphatic carbocycles. The molecule has 31 heavy (non-hydrogen) atoms. The minimum Gasteiger partial charge on any atom is -0.508 e. The predicted octanol–water partition coefficient (Wildman–Crippen LogP) is 6.27. The molecule has 1 aliphatic heterocycles. The van der Waals surface area contributed by atoms with E-state index >= 15 is 0 Å². The second-order valence-electron chi connectivity index (χ2n) is 8.40. The van der Waals surface area contributed by atoms with Gasteiger partial charge < -0.3 is 14.6 Å². The van der Waals surface area contributed by atoms with E-state index in [4.69, 9.17) is 9.47 Å². The third kappa shape index (κ3) is 3.87. The molecule has 4 nitrogen and oxygen atoms in total. The molecule has 1 N–H and O–H groups in total. The van der Waals surface area contributed by atoms with Crippen molar-refractivity contribution >= 4 is 11.4 Å². The van der Waals surface area contributed by atoms with Crippen LogP contribution in [0.3, 0.4) is 0 Å². The van der Waals surface area contributed by atoms with Gasteiger partial charge in [0.15, 0.2) is 17.3 Å². The Balaban J connectivity index is 2.18. The van der Waals surface area contributed by atoms with Gasteiger partial charge in [0.2, 0.25) is 0 Å². The number of hydrogen-bond donors (Lipinski definition) is 1. The SMILES string of the molecule is CCc1cc(-c2ccc(F)c(OC)c2)ccc1C1=C(O)C(C)(CC)OC(C)(CC)C1=O. The predicted molar refractivity (Wildman–Crippen MR) is 121 cm³/mol. The van der Waals surface area contributed by atoms with E-state index in [-0.39, 0.29) is 17.3 Å². The van der Waals surface area contributed by atoms with Crippen molar-refractivity contribution in [2.45, 2.75) is 65.1 Å². The number of carbonyl (C=O) groups excluding carboxylic acids is 1. The molecule has 0 fully saturated rings. The first kappa shape index (κ1) is 23.0. The average molecular weight is 427 g/mol. The quantitative estimate of drug-likeness (QED) is 0.591. The van der Waals surface area contributed by atoms with Gasteiger partial charge in [-0.25, -0.2) is 4.39 Å². The average Bonchev–Trinajstić information content (AvgIpc) is 2.78. The largest absolute Gasteiger partial charge is 0.508 e. The van der Waals surface area contributed by atoms with E-state index in [0.29, 0.717) is 30.4 Å². The Bertz CT molecular complexity index is 1040. The molecule has 2 aromatic rings. The van der Waals surface area contributed by atoms with Crippen LogP contribution in [0.1, 0.15) is 58.6 Å². The molecule has 1 aliphatic rings. The first-order chi connectivity index (χ1) is 14.6. The standard InChI is InChI=1S/C26H31FO4/c1-7-16-14-17(18-11-13-20(27)21(15-18)30-6)10-12-19(16)22-23(28)25(4,8-2)31-26(5,9-3)24(22)29/h10-15,28H,7-9H2,1-6H3. The normalized spacial score (nSPS) is 23.9. The van der Waals surface area contributed by atoms with Crippen LogP contribution in [0, 0.1) is 5.82 Å². The lowest BCUT2D eigenvalue weighted by atomic mass is 9.78. The molecule has 0 saturated carbocycles. The Morgan fingerprint density at radius 1 is 1.00 bits per heavy atom. The second-order valence-corrected chi connectivity index (χ2v) is 8.40. The van der Waals surface area contributed by atoms with Crippen molar-refractivity contribution in [2.75, 3.05) is 7.11 Å². The van der Waals surface area contributed by atoms with Crippen LogP contribution in [0.25, 0.3) is 16.7 Å². The summed E-state index contributed by atoms with van der Waals surface area (Å²) in [5.74, 6) is -0.461. The number of aliphatic hydroxyl groups is 1. The first-order valence-corrected chi connectivity index (χ1v) is 10.8. The summed E-state index contributed by atoms with van der Waals surface area (Å²) in [7, 11) is 1.43. The van der Waals surface area contributed by atoms with Gasteiger partial charge in [0.25, 0.3) is 0 Å². The molecule has 0 radical (unpaired) electrons. The van der Waals surface area contributed by atoms with Crippen LogP contribution in [-0.4, -0.2) is 29.2 Å². The van der Waals surface area contributed by atoms with E-state index in [1.165, 1.54) is 13.2 Å². The number of carbonyl (C=O) groups is 1. The van der Waals surface area contributed by atoms with Crippen LogP contribution >= 0.6 is 0 Å². The summed E-state index contributed by atoms with van der Waals surface area (Å²) >= 11 is 0. The van der Waals surface area contributed by atoms with Crippen molar-refractivity contribution in [1.29, 1.82) is 0 Å². The molecule has 2 atom stereocenters. The molecule has 0 saturated heterocycles. The number of halogens is 1. The maximum absolute atomic E-state index is 13.8. The van der Waals surface area contributed by atoms with Crippen LogP contribution in [0.2, 0.25) is 0 Å². The fourth-order valence-electron chi connectivity index (χ4n) is 4.10. The zero-order valence-electron chi connectivity index (χ0n) is 19.1. The Labute approximate surface area is 183 Å². The Morgan fingerprint density at radius 2 is 1.61 bits per heavy atom. The van der Waals surface area contributed by atoms with Gasteiger partial charge in [-0.15, -0.1) is 0 Å². The topological polar surface area (TPSA) is 55.8 Å². The van der Waals surface area contributed by atoms with E-state index in [1.807, 2.05) is 45.9 Å². The molecule has 0 spiro atoms. The zero-order chi connectivity index (χ0) is 23.0. The van der Waals surface area contributed by atoms with Gasteiger partial charge in [-0.3, -0.25) is 4.79 Å². The van der Waals surface area contributed by atoms with Crippen molar-refractivity contribution in [3.05, 3.63) is 59.1 Å². The molecule has 1 heterocycles. The molecule has 0 aromatic heterocycles. The Kier molecular flexibility index (Phi) is 6.28. The van der Waals surface area contributed by atoms with Gasteiger partial charge in [-0.2, -0.15) is 0 Å². The summed E-state index contributed by atoms with van der Waals surface area (Å²) < 4.78 is 25.1. The molecule has 3 rings (SSSR count). The lowest BCUT2D eigenvalue weighted by molar-refractivity contribution is -0.167. The monoisotopic (exact) mass is 426 g/mol. The highest BCUT2D eigenvalue weighted by Crippen LogP contribution is 2.44. The van der Waals surface area contributed by atoms with Crippen molar-refractivity contribution in [3.63, 3.8) is 0 Å². The van der Waals surface area contributed by atoms with E-state index in [9.17, 15) is 14.3 Å². The summed E-state index contributed by atoms with van der Waals surface area (Å²) in [5.41, 5.74) is 1.74. The number of benzene rings is 2. The molecule has 166 valence electrons. The van der Waals surface area contributed by atoms with Gasteiger partial charge >= 0.3 is 0 Å². The van der Waals surface area contributed by atoms with Crippen LogP contribution in [0.15, 0.2) is 42.2 Å². The minimum absolute atomic E-state index is 0.0168. The number of methoxy groups -OCH3 is 1. The number of hydrogen-bond acceptors (Lipinski definition) is 4. The molecule has 2 unspecified atom stereocenters. The van der Waals surface area contributed by atoms with Crippen molar-refractivity contribution < 1.29 is 23.8 Å². The Morgan fingerprint density at radius 3 is 2.19 bits per heavy atom. The van der Waals surface area contributed by atoms with Gasteiger partial charge in [0.05, 0.1) is 12.7 Å². The lowest BCUT2D eigenvalue weighted by Crippen LogP contribution is -2.52. The maximum atomic E-state index is 13.8. The van der Waals surface area contributed by atoms with Gasteiger partial charge in [-0.1, -0.05) is 45.0 Å². The third-order valence-electron chi connectivity index (χ3n) is 6.48. The highest BCUT2D eigenvalue weighted by molar-refractivity contribution is 6.26. The number of aliphatic hydroxyl groups excluding tert-OH is 1. The lowest BCUT2D eigenvalue weighted by Gasteiger charge is -2.43. The molecular formula is C26H31FO4. The zero-order valence-corrected chi connectivity index (χ0v) is 19.1. The van der Waals surface area contributed by atoms with Crippen molar-refractivity contribution in [3.8, 4) is 16.9 Å². The molecule has 0 amide bonds. The highest BCUT2D eigenvalue weighted by Gasteiger charge is 2.50. The summed E-state index contributed by atoms with van der Waals surface area (Å²) in [6.07, 6.45) is 1.71. The number of Topliss-reactive ketones (excluding diaryl/α,β-unsaturated/α-hetero) is 1. The van der Waals surface area contributed by atoms with Crippen LogP contribution in [-0.2, 0) is 16.0 Å². The fraction of sp³-hybridized carbons (Fsp3) is 0.423. The Hall–Kier alpha value is -2.66. The van der Waals surface area contributed by atoms with Gasteiger partial charge in [-0.05, 0) is 67.5 Å². The van der Waals surface area contributed by atoms with Crippen molar-refractivity contribution in [1.82, 2.24) is 0 Å². The highest BCUT2D eigenvalue weighted by atomic mass is 19.1. The fourth-order valence-corrected chi connectivity index (χ4v) is 4.10. The minimum atomic E-state index is -1.000. The summed E-state index contributed by atoms with van der Waals surface area (Å²) in [6, 6.07) is 10.5. The van der Waals surface area contributed by atoms with Crippen molar-refractivity contribution in [2.24, 2.45) is 0 Å². The summed E-state index contributed by atoms with van der Waals surface area (Å²) in [5, 5.41) is 11.1. The molecule has 0 bridgehead atoms. The number of aryl methyl sites for hydroxylation is 1.